The van der Waals surface area contributed by atoms with Crippen molar-refractivity contribution in [1.29, 1.82) is 0 Å². The van der Waals surface area contributed by atoms with Gasteiger partial charge in [0.15, 0.2) is 0 Å². The minimum absolute atomic E-state index is 0. The zero-order valence-electron chi connectivity index (χ0n) is 22.1. The van der Waals surface area contributed by atoms with Crippen molar-refractivity contribution in [3.8, 4) is 0 Å². The summed E-state index contributed by atoms with van der Waals surface area (Å²) in [5, 5.41) is 0. The van der Waals surface area contributed by atoms with E-state index in [0.717, 1.165) is 11.1 Å². The third-order valence-corrected chi connectivity index (χ3v) is 6.51. The number of nitrogens with zero attached hydrogens (tertiary/aromatic N) is 2. The summed E-state index contributed by atoms with van der Waals surface area (Å²) in [4.78, 5) is 4.12. The molecule has 0 aliphatic heterocycles. The summed E-state index contributed by atoms with van der Waals surface area (Å²) < 4.78 is 0. The maximum absolute atomic E-state index is 3.90. The smallest absolute Gasteiger partial charge is 0.428 e. The van der Waals surface area contributed by atoms with Crippen LogP contribution >= 0.6 is 0 Å². The normalized spacial score (nSPS) is 15.1. The second-order valence-electron chi connectivity index (χ2n) is 9.39. The molecule has 0 saturated carbocycles. The Bertz CT molecular complexity index is 1060. The van der Waals surface area contributed by atoms with Crippen LogP contribution in [0.15, 0.2) is 78.4 Å². The molecule has 0 heterocycles. The zero-order chi connectivity index (χ0) is 24.7. The monoisotopic (exact) mass is 496 g/mol. The molecule has 1 unspecified atom stereocenters. The molecule has 0 bridgehead atoms. The number of rotatable bonds is 2. The first-order valence-electron chi connectivity index (χ1n) is 12.1. The van der Waals surface area contributed by atoms with Gasteiger partial charge < -0.3 is 9.80 Å². The first kappa shape index (κ1) is 28.7. The van der Waals surface area contributed by atoms with Gasteiger partial charge in [-0.25, -0.2) is 12.0 Å². The largest absolute Gasteiger partial charge is 3.00 e. The molecule has 3 aromatic carbocycles. The molecule has 2 nitrogen and oxygen atoms in total. The molecular weight excluding hydrogens is 457 g/mol. The first-order valence-corrected chi connectivity index (χ1v) is 12.1. The maximum Gasteiger partial charge on any atom is 3.00 e. The molecule has 0 amide bonds. The van der Waals surface area contributed by atoms with Crippen molar-refractivity contribution in [2.75, 3.05) is 38.0 Å². The van der Waals surface area contributed by atoms with Crippen molar-refractivity contribution < 1.29 is 25.8 Å². The molecule has 0 saturated heterocycles. The summed E-state index contributed by atoms with van der Waals surface area (Å²) in [5.74, 6) is 0.640. The Morgan fingerprint density at radius 2 is 1.23 bits per heavy atom. The van der Waals surface area contributed by atoms with Gasteiger partial charge in [0.1, 0.15) is 0 Å². The van der Waals surface area contributed by atoms with Crippen LogP contribution in [0.4, 0.5) is 11.4 Å². The molecule has 0 N–H and O–H groups in total. The molecule has 3 heteroatoms. The van der Waals surface area contributed by atoms with Gasteiger partial charge in [0.05, 0.1) is 0 Å². The second-order valence-corrected chi connectivity index (χ2v) is 9.39. The quantitative estimate of drug-likeness (QED) is 0.334. The zero-order valence-corrected chi connectivity index (χ0v) is 23.9. The Kier molecular flexibility index (Phi) is 11.1. The van der Waals surface area contributed by atoms with E-state index in [4.69, 9.17) is 0 Å². The van der Waals surface area contributed by atoms with E-state index in [1.54, 1.807) is 11.1 Å². The van der Waals surface area contributed by atoms with Crippen LogP contribution in [0.25, 0.3) is 5.57 Å². The van der Waals surface area contributed by atoms with E-state index in [1.807, 2.05) is 64.6 Å². The maximum atomic E-state index is 3.90. The fraction of sp³-hybridized carbons (Fsp3) is 0.281. The molecular formula is C32H39N2Sc. The van der Waals surface area contributed by atoms with Crippen LogP contribution in [0, 0.1) is 20.3 Å². The third-order valence-electron chi connectivity index (χ3n) is 6.51. The Hall–Kier alpha value is -2.52. The molecule has 2 aliphatic carbocycles. The number of hydrogen-bond acceptors (Lipinski definition) is 2. The van der Waals surface area contributed by atoms with Crippen LogP contribution in [0.2, 0.25) is 0 Å². The van der Waals surface area contributed by atoms with Gasteiger partial charge in [0.2, 0.25) is 0 Å². The van der Waals surface area contributed by atoms with E-state index < -0.39 is 0 Å². The van der Waals surface area contributed by atoms with Gasteiger partial charge in [-0.05, 0) is 34.1 Å². The van der Waals surface area contributed by atoms with Crippen LogP contribution in [-0.2, 0) is 25.8 Å². The summed E-state index contributed by atoms with van der Waals surface area (Å²) in [6.45, 7) is 10.1. The van der Waals surface area contributed by atoms with Crippen LogP contribution < -0.4 is 9.80 Å². The molecule has 0 radical (unpaired) electrons. The number of hydrogen-bond donors (Lipinski definition) is 0. The summed E-state index contributed by atoms with van der Waals surface area (Å²) in [6, 6.07) is 25.1. The average molecular weight is 497 g/mol. The van der Waals surface area contributed by atoms with E-state index >= 15 is 0 Å². The number of anilines is 2. The van der Waals surface area contributed by atoms with Crippen LogP contribution in [0.1, 0.15) is 54.4 Å². The molecule has 1 atom stereocenters. The predicted octanol–water partition coefficient (Wildman–Crippen LogP) is 7.81. The van der Waals surface area contributed by atoms with Crippen molar-refractivity contribution in [3.05, 3.63) is 121 Å². The van der Waals surface area contributed by atoms with E-state index in [-0.39, 0.29) is 25.8 Å². The van der Waals surface area contributed by atoms with Crippen LogP contribution in [0.3, 0.4) is 0 Å². The van der Waals surface area contributed by atoms with E-state index in [2.05, 4.69) is 73.4 Å². The molecule has 0 fully saturated rings. The minimum Gasteiger partial charge on any atom is -0.428 e. The third kappa shape index (κ3) is 7.24. The summed E-state index contributed by atoms with van der Waals surface area (Å²) in [5.41, 5.74) is 10.8. The Morgan fingerprint density at radius 3 is 1.71 bits per heavy atom. The predicted molar refractivity (Wildman–Crippen MR) is 150 cm³/mol. The van der Waals surface area contributed by atoms with Crippen molar-refractivity contribution in [3.63, 3.8) is 0 Å². The standard InChI is InChI=1S/C14H15.2C9H12N.Sc/c1-10-11-6-2-4-8-13(11)14-9-5-3-7-12(10)14;2*1-8-6-4-5-7-9(8)10(2)3;/h2,4,6-8,10H,3,5,9H2,1H3;2*4-7H,1H2,2-3H3;/q3*-1;+3. The summed E-state index contributed by atoms with van der Waals surface area (Å²) in [6.07, 6.45) is 6.34. The summed E-state index contributed by atoms with van der Waals surface area (Å²) in [7, 11) is 8.07. The van der Waals surface area contributed by atoms with Crippen molar-refractivity contribution >= 4 is 16.9 Å². The Morgan fingerprint density at radius 1 is 0.743 bits per heavy atom. The second kappa shape index (κ2) is 13.5. The van der Waals surface area contributed by atoms with Gasteiger partial charge >= 0.3 is 25.8 Å². The molecule has 180 valence electrons. The van der Waals surface area contributed by atoms with E-state index in [0.29, 0.717) is 5.92 Å². The topological polar surface area (TPSA) is 6.48 Å². The minimum atomic E-state index is 0. The summed E-state index contributed by atoms with van der Waals surface area (Å²) >= 11 is 0. The van der Waals surface area contributed by atoms with Crippen molar-refractivity contribution in [1.82, 2.24) is 0 Å². The number of allylic oxidation sites excluding steroid dienone is 2. The number of benzene rings is 3. The SMILES string of the molecule is CC1C2=C(CCC[CH-]2)c2ccccc21.[CH2-]c1ccccc1N(C)C.[CH2-]c1ccccc1N(C)C.[Sc+3]. The molecule has 3 aromatic rings. The Labute approximate surface area is 232 Å². The van der Waals surface area contributed by atoms with Gasteiger partial charge in [-0.1, -0.05) is 90.8 Å². The average Bonchev–Trinajstić information content (AvgIpc) is 3.13. The molecule has 0 aromatic heterocycles. The van der Waals surface area contributed by atoms with E-state index in [1.165, 1.54) is 41.8 Å². The molecule has 2 aliphatic rings. The van der Waals surface area contributed by atoms with Crippen molar-refractivity contribution in [2.45, 2.75) is 32.1 Å². The first-order chi connectivity index (χ1) is 16.3. The van der Waals surface area contributed by atoms with Crippen molar-refractivity contribution in [2.24, 2.45) is 0 Å². The molecule has 35 heavy (non-hydrogen) atoms. The fourth-order valence-corrected chi connectivity index (χ4v) is 4.74. The fourth-order valence-electron chi connectivity index (χ4n) is 4.74. The van der Waals surface area contributed by atoms with Crippen LogP contribution in [0.5, 0.6) is 0 Å². The molecule has 5 rings (SSSR count). The number of fused-ring (bicyclic) bond motifs is 2. The van der Waals surface area contributed by atoms with Crippen LogP contribution in [-0.4, -0.2) is 28.2 Å². The van der Waals surface area contributed by atoms with Gasteiger partial charge in [0, 0.05) is 0 Å². The van der Waals surface area contributed by atoms with Gasteiger partial charge in [-0.2, -0.15) is 42.7 Å². The number of para-hydroxylation sites is 2. The van der Waals surface area contributed by atoms with E-state index in [9.17, 15) is 0 Å². The van der Waals surface area contributed by atoms with Gasteiger partial charge in [0.25, 0.3) is 0 Å². The van der Waals surface area contributed by atoms with Gasteiger partial charge in [-0.3, -0.25) is 0 Å². The molecule has 0 spiro atoms. The van der Waals surface area contributed by atoms with Gasteiger partial charge in [-0.15, -0.1) is 18.6 Å². The Balaban J connectivity index is 0.000000187.